The molecule has 2 N–H and O–H groups in total. The highest BCUT2D eigenvalue weighted by Gasteiger charge is 2.41. The number of amides is 1. The molecule has 1 heterocycles. The van der Waals surface area contributed by atoms with Crippen LogP contribution in [0.4, 0.5) is 0 Å². The topological polar surface area (TPSA) is 44.4 Å². The van der Waals surface area contributed by atoms with Crippen LogP contribution >= 0.6 is 12.4 Å². The van der Waals surface area contributed by atoms with Gasteiger partial charge in [0.1, 0.15) is 0 Å². The van der Waals surface area contributed by atoms with Gasteiger partial charge in [0.05, 0.1) is 0 Å². The Labute approximate surface area is 123 Å². The van der Waals surface area contributed by atoms with E-state index < -0.39 is 0 Å². The van der Waals surface area contributed by atoms with Crippen LogP contribution in [0.1, 0.15) is 39.0 Å². The second-order valence-corrected chi connectivity index (χ2v) is 5.69. The van der Waals surface area contributed by atoms with Crippen LogP contribution in [0.15, 0.2) is 0 Å². The Balaban J connectivity index is 0.00000180. The summed E-state index contributed by atoms with van der Waals surface area (Å²) in [6, 6.07) is 0. The van der Waals surface area contributed by atoms with E-state index in [9.17, 15) is 4.79 Å². The Morgan fingerprint density at radius 3 is 2.53 bits per heavy atom. The summed E-state index contributed by atoms with van der Waals surface area (Å²) in [6.07, 6.45) is 5.48. The Morgan fingerprint density at radius 1 is 1.32 bits per heavy atom. The van der Waals surface area contributed by atoms with Gasteiger partial charge in [-0.05, 0) is 32.2 Å². The van der Waals surface area contributed by atoms with Crippen LogP contribution < -0.4 is 10.6 Å². The lowest BCUT2D eigenvalue weighted by Gasteiger charge is -2.39. The van der Waals surface area contributed by atoms with Crippen molar-refractivity contribution < 1.29 is 4.79 Å². The fourth-order valence-corrected chi connectivity index (χ4v) is 2.97. The minimum atomic E-state index is -0.00492. The summed E-state index contributed by atoms with van der Waals surface area (Å²) in [6.45, 7) is 8.58. The molecule has 2 fully saturated rings. The lowest BCUT2D eigenvalue weighted by Crippen LogP contribution is -2.47. The first-order chi connectivity index (χ1) is 8.77. The predicted octanol–water partition coefficient (Wildman–Crippen LogP) is 1.40. The van der Waals surface area contributed by atoms with Crippen LogP contribution in [0, 0.1) is 5.41 Å². The molecule has 19 heavy (non-hydrogen) atoms. The zero-order chi connectivity index (χ0) is 12.8. The highest BCUT2D eigenvalue weighted by Crippen LogP contribution is 2.43. The van der Waals surface area contributed by atoms with Gasteiger partial charge >= 0.3 is 0 Å². The standard InChI is InChI=1S/C14H27N3O.ClH/c1-2-14(5-3-6-14)13(18)16-7-4-10-17-11-8-15-9-12-17;/h15H,2-12H2,1H3,(H,16,18);1H. The van der Waals surface area contributed by atoms with Gasteiger partial charge in [-0.3, -0.25) is 4.79 Å². The summed E-state index contributed by atoms with van der Waals surface area (Å²) in [7, 11) is 0. The van der Waals surface area contributed by atoms with Crippen molar-refractivity contribution in [3.05, 3.63) is 0 Å². The SMILES string of the molecule is CCC1(C(=O)NCCCN2CCNCC2)CCC1.Cl. The Morgan fingerprint density at radius 2 is 2.00 bits per heavy atom. The van der Waals surface area contributed by atoms with Gasteiger partial charge in [0.15, 0.2) is 0 Å². The van der Waals surface area contributed by atoms with Gasteiger partial charge in [0.2, 0.25) is 5.91 Å². The van der Waals surface area contributed by atoms with Crippen LogP contribution in [0.5, 0.6) is 0 Å². The van der Waals surface area contributed by atoms with Crippen LogP contribution in [0.2, 0.25) is 0 Å². The molecule has 0 radical (unpaired) electrons. The summed E-state index contributed by atoms with van der Waals surface area (Å²) >= 11 is 0. The number of piperazine rings is 1. The molecule has 0 aromatic rings. The fourth-order valence-electron chi connectivity index (χ4n) is 2.97. The summed E-state index contributed by atoms with van der Waals surface area (Å²) in [5.74, 6) is 0.302. The molecule has 1 saturated heterocycles. The summed E-state index contributed by atoms with van der Waals surface area (Å²) < 4.78 is 0. The zero-order valence-electron chi connectivity index (χ0n) is 12.0. The van der Waals surface area contributed by atoms with E-state index in [-0.39, 0.29) is 17.8 Å². The number of hydrogen-bond acceptors (Lipinski definition) is 3. The number of carbonyl (C=O) groups excluding carboxylic acids is 1. The molecule has 112 valence electrons. The molecule has 1 amide bonds. The minimum absolute atomic E-state index is 0. The number of rotatable bonds is 6. The van der Waals surface area contributed by atoms with Gasteiger partial charge in [-0.2, -0.15) is 0 Å². The first-order valence-corrected chi connectivity index (χ1v) is 7.48. The van der Waals surface area contributed by atoms with Crippen LogP contribution in [0.3, 0.4) is 0 Å². The molecule has 0 unspecified atom stereocenters. The van der Waals surface area contributed by atoms with Crippen LogP contribution in [-0.4, -0.2) is 50.1 Å². The number of carbonyl (C=O) groups is 1. The van der Waals surface area contributed by atoms with Gasteiger partial charge in [-0.15, -0.1) is 12.4 Å². The molecule has 2 rings (SSSR count). The molecule has 1 aliphatic carbocycles. The van der Waals surface area contributed by atoms with Crippen LogP contribution in [-0.2, 0) is 4.79 Å². The molecule has 2 aliphatic rings. The normalized spacial score (nSPS) is 22.2. The highest BCUT2D eigenvalue weighted by molar-refractivity contribution is 5.85. The van der Waals surface area contributed by atoms with Crippen molar-refractivity contribution >= 4 is 18.3 Å². The third-order valence-electron chi connectivity index (χ3n) is 4.62. The fraction of sp³-hybridized carbons (Fsp3) is 0.929. The second-order valence-electron chi connectivity index (χ2n) is 5.69. The van der Waals surface area contributed by atoms with Gasteiger partial charge in [-0.1, -0.05) is 13.3 Å². The van der Waals surface area contributed by atoms with E-state index in [1.54, 1.807) is 0 Å². The maximum absolute atomic E-state index is 12.1. The minimum Gasteiger partial charge on any atom is -0.356 e. The van der Waals surface area contributed by atoms with Crippen molar-refractivity contribution in [2.45, 2.75) is 39.0 Å². The Hall–Kier alpha value is -0.320. The maximum atomic E-state index is 12.1. The molecule has 0 bridgehead atoms. The molecule has 0 aromatic carbocycles. The number of nitrogens with zero attached hydrogens (tertiary/aromatic N) is 1. The molecular weight excluding hydrogens is 262 g/mol. The van der Waals surface area contributed by atoms with Gasteiger partial charge in [0, 0.05) is 38.1 Å². The molecule has 0 aromatic heterocycles. The van der Waals surface area contributed by atoms with Gasteiger partial charge in [0.25, 0.3) is 0 Å². The van der Waals surface area contributed by atoms with E-state index in [1.807, 2.05) is 0 Å². The number of hydrogen-bond donors (Lipinski definition) is 2. The molecule has 0 spiro atoms. The third-order valence-corrected chi connectivity index (χ3v) is 4.62. The summed E-state index contributed by atoms with van der Waals surface area (Å²) in [5.41, 5.74) is -0.00492. The average molecular weight is 290 g/mol. The van der Waals surface area contributed by atoms with Crippen molar-refractivity contribution in [2.75, 3.05) is 39.3 Å². The molecule has 5 heteroatoms. The summed E-state index contributed by atoms with van der Waals surface area (Å²) in [5, 5.41) is 6.49. The third kappa shape index (κ3) is 4.33. The second kappa shape index (κ2) is 8.08. The van der Waals surface area contributed by atoms with E-state index in [0.717, 1.165) is 65.0 Å². The largest absolute Gasteiger partial charge is 0.356 e. The van der Waals surface area contributed by atoms with Gasteiger partial charge < -0.3 is 15.5 Å². The highest BCUT2D eigenvalue weighted by atomic mass is 35.5. The quantitative estimate of drug-likeness (QED) is 0.727. The smallest absolute Gasteiger partial charge is 0.226 e. The number of halogens is 1. The monoisotopic (exact) mass is 289 g/mol. The van der Waals surface area contributed by atoms with Crippen molar-refractivity contribution in [3.63, 3.8) is 0 Å². The van der Waals surface area contributed by atoms with E-state index in [4.69, 9.17) is 0 Å². The molecular formula is C14H28ClN3O. The van der Waals surface area contributed by atoms with Crippen molar-refractivity contribution in [1.29, 1.82) is 0 Å². The van der Waals surface area contributed by atoms with Crippen molar-refractivity contribution in [3.8, 4) is 0 Å². The van der Waals surface area contributed by atoms with Crippen molar-refractivity contribution in [1.82, 2.24) is 15.5 Å². The van der Waals surface area contributed by atoms with E-state index in [0.29, 0.717) is 5.91 Å². The van der Waals surface area contributed by atoms with E-state index in [1.165, 1.54) is 6.42 Å². The Bertz CT molecular complexity index is 270. The van der Waals surface area contributed by atoms with E-state index >= 15 is 0 Å². The Kier molecular flexibility index (Phi) is 7.11. The lowest BCUT2D eigenvalue weighted by atomic mass is 9.66. The van der Waals surface area contributed by atoms with E-state index in [2.05, 4.69) is 22.5 Å². The van der Waals surface area contributed by atoms with Crippen molar-refractivity contribution in [2.24, 2.45) is 5.41 Å². The molecule has 4 nitrogen and oxygen atoms in total. The summed E-state index contributed by atoms with van der Waals surface area (Å²) in [4.78, 5) is 14.6. The predicted molar refractivity (Wildman–Crippen MR) is 80.8 cm³/mol. The average Bonchev–Trinajstić information content (AvgIpc) is 2.35. The van der Waals surface area contributed by atoms with Gasteiger partial charge in [-0.25, -0.2) is 0 Å². The molecule has 1 aliphatic heterocycles. The maximum Gasteiger partial charge on any atom is 0.226 e. The first kappa shape index (κ1) is 16.7. The number of nitrogens with one attached hydrogen (secondary N) is 2. The molecule has 0 atom stereocenters. The first-order valence-electron chi connectivity index (χ1n) is 7.48. The van der Waals surface area contributed by atoms with Crippen LogP contribution in [0.25, 0.3) is 0 Å². The zero-order valence-corrected chi connectivity index (χ0v) is 12.9. The lowest BCUT2D eigenvalue weighted by molar-refractivity contribution is -0.136. The molecule has 1 saturated carbocycles.